The fraction of sp³-hybridized carbons (Fsp3) is 0.833. The summed E-state index contributed by atoms with van der Waals surface area (Å²) in [6.07, 6.45) is 3.78. The van der Waals surface area contributed by atoms with Gasteiger partial charge in [0.1, 0.15) is 6.10 Å². The van der Waals surface area contributed by atoms with Gasteiger partial charge in [-0.2, -0.15) is 0 Å². The first kappa shape index (κ1) is 11.7. The highest BCUT2D eigenvalue weighted by atomic mass is 16.5. The van der Waals surface area contributed by atoms with Gasteiger partial charge in [-0.15, -0.1) is 0 Å². The van der Waals surface area contributed by atoms with Gasteiger partial charge >= 0.3 is 0 Å². The molecule has 0 saturated carbocycles. The van der Waals surface area contributed by atoms with Crippen LogP contribution in [0.15, 0.2) is 11.6 Å². The van der Waals surface area contributed by atoms with Crippen LogP contribution in [-0.4, -0.2) is 23.4 Å². The van der Waals surface area contributed by atoms with E-state index in [-0.39, 0.29) is 6.10 Å². The fourth-order valence-corrected chi connectivity index (χ4v) is 1.89. The lowest BCUT2D eigenvalue weighted by molar-refractivity contribution is -0.0815. The Balaban J connectivity index is 2.78. The van der Waals surface area contributed by atoms with Crippen molar-refractivity contribution in [3.63, 3.8) is 0 Å². The molecular formula is C12H22O2. The molecule has 0 radical (unpaired) electrons. The second-order valence-corrected chi connectivity index (χ2v) is 4.63. The van der Waals surface area contributed by atoms with Crippen molar-refractivity contribution in [1.29, 1.82) is 0 Å². The second-order valence-electron chi connectivity index (χ2n) is 4.63. The van der Waals surface area contributed by atoms with Crippen LogP contribution in [0.3, 0.4) is 0 Å². The largest absolute Gasteiger partial charge is 0.387 e. The molecule has 1 N–H and O–H groups in total. The standard InChI is InChI=1S/C12H22O2/c1-5-14-11-8-10(9(2)3)6-7-12(11,4)13/h8-9,11,13H,5-7H2,1-4H3. The van der Waals surface area contributed by atoms with Crippen molar-refractivity contribution in [3.8, 4) is 0 Å². The molecule has 0 saturated heterocycles. The monoisotopic (exact) mass is 198 g/mol. The molecule has 2 heteroatoms. The first-order valence-corrected chi connectivity index (χ1v) is 5.52. The highest BCUT2D eigenvalue weighted by molar-refractivity contribution is 5.16. The summed E-state index contributed by atoms with van der Waals surface area (Å²) in [6.45, 7) is 8.86. The summed E-state index contributed by atoms with van der Waals surface area (Å²) in [4.78, 5) is 0. The third-order valence-corrected chi connectivity index (χ3v) is 2.99. The molecule has 0 spiro atoms. The third-order valence-electron chi connectivity index (χ3n) is 2.99. The summed E-state index contributed by atoms with van der Waals surface area (Å²) in [5.74, 6) is 0.564. The second kappa shape index (κ2) is 4.45. The van der Waals surface area contributed by atoms with E-state index in [9.17, 15) is 5.11 Å². The lowest BCUT2D eigenvalue weighted by atomic mass is 9.81. The van der Waals surface area contributed by atoms with Gasteiger partial charge < -0.3 is 9.84 Å². The van der Waals surface area contributed by atoms with Crippen LogP contribution >= 0.6 is 0 Å². The zero-order valence-corrected chi connectivity index (χ0v) is 9.71. The van der Waals surface area contributed by atoms with Crippen molar-refractivity contribution in [2.45, 2.75) is 52.2 Å². The van der Waals surface area contributed by atoms with E-state index >= 15 is 0 Å². The molecular weight excluding hydrogens is 176 g/mol. The maximum absolute atomic E-state index is 10.1. The molecule has 2 atom stereocenters. The predicted molar refractivity (Wildman–Crippen MR) is 58.2 cm³/mol. The van der Waals surface area contributed by atoms with Crippen molar-refractivity contribution in [2.24, 2.45) is 5.92 Å². The molecule has 0 aromatic heterocycles. The number of hydrogen-bond acceptors (Lipinski definition) is 2. The molecule has 1 aliphatic rings. The molecule has 1 rings (SSSR count). The zero-order valence-electron chi connectivity index (χ0n) is 9.71. The number of aliphatic hydroxyl groups is 1. The Bertz CT molecular complexity index is 216. The van der Waals surface area contributed by atoms with E-state index in [1.165, 1.54) is 5.57 Å². The minimum atomic E-state index is -0.686. The van der Waals surface area contributed by atoms with Gasteiger partial charge in [-0.3, -0.25) is 0 Å². The zero-order chi connectivity index (χ0) is 10.8. The predicted octanol–water partition coefficient (Wildman–Crippen LogP) is 2.52. The Kier molecular flexibility index (Phi) is 3.73. The van der Waals surface area contributed by atoms with Crippen LogP contribution in [0.4, 0.5) is 0 Å². The van der Waals surface area contributed by atoms with E-state index in [4.69, 9.17) is 4.74 Å². The molecule has 2 unspecified atom stereocenters. The molecule has 14 heavy (non-hydrogen) atoms. The lowest BCUT2D eigenvalue weighted by Crippen LogP contribution is -2.42. The topological polar surface area (TPSA) is 29.5 Å². The Morgan fingerprint density at radius 3 is 2.79 bits per heavy atom. The molecule has 0 bridgehead atoms. The van der Waals surface area contributed by atoms with E-state index in [0.717, 1.165) is 12.8 Å². The molecule has 0 aromatic carbocycles. The Labute approximate surface area is 87.0 Å². The maximum atomic E-state index is 10.1. The van der Waals surface area contributed by atoms with Gasteiger partial charge in [0.2, 0.25) is 0 Å². The Morgan fingerprint density at radius 2 is 2.29 bits per heavy atom. The van der Waals surface area contributed by atoms with Crippen LogP contribution in [0.1, 0.15) is 40.5 Å². The van der Waals surface area contributed by atoms with Crippen molar-refractivity contribution in [3.05, 3.63) is 11.6 Å². The Hall–Kier alpha value is -0.340. The van der Waals surface area contributed by atoms with Gasteiger partial charge in [-0.1, -0.05) is 25.5 Å². The quantitative estimate of drug-likeness (QED) is 0.706. The van der Waals surface area contributed by atoms with Gasteiger partial charge in [-0.25, -0.2) is 0 Å². The van der Waals surface area contributed by atoms with Crippen molar-refractivity contribution in [1.82, 2.24) is 0 Å². The van der Waals surface area contributed by atoms with Gasteiger partial charge in [0.15, 0.2) is 0 Å². The van der Waals surface area contributed by atoms with E-state index in [0.29, 0.717) is 12.5 Å². The van der Waals surface area contributed by atoms with Gasteiger partial charge in [-0.05, 0) is 32.6 Å². The molecule has 0 fully saturated rings. The molecule has 0 amide bonds. The van der Waals surface area contributed by atoms with Crippen LogP contribution in [0.5, 0.6) is 0 Å². The van der Waals surface area contributed by atoms with Crippen molar-refractivity contribution < 1.29 is 9.84 Å². The number of ether oxygens (including phenoxy) is 1. The molecule has 0 aromatic rings. The highest BCUT2D eigenvalue weighted by Gasteiger charge is 2.34. The smallest absolute Gasteiger partial charge is 0.104 e. The highest BCUT2D eigenvalue weighted by Crippen LogP contribution is 2.32. The summed E-state index contributed by atoms with van der Waals surface area (Å²) >= 11 is 0. The van der Waals surface area contributed by atoms with E-state index in [1.807, 2.05) is 13.8 Å². The van der Waals surface area contributed by atoms with Crippen LogP contribution in [0.25, 0.3) is 0 Å². The number of hydrogen-bond donors (Lipinski definition) is 1. The summed E-state index contributed by atoms with van der Waals surface area (Å²) < 4.78 is 5.55. The van der Waals surface area contributed by atoms with Gasteiger partial charge in [0.25, 0.3) is 0 Å². The maximum Gasteiger partial charge on any atom is 0.104 e. The minimum Gasteiger partial charge on any atom is -0.387 e. The third kappa shape index (κ3) is 2.58. The first-order valence-electron chi connectivity index (χ1n) is 5.52. The van der Waals surface area contributed by atoms with Crippen LogP contribution in [0.2, 0.25) is 0 Å². The van der Waals surface area contributed by atoms with Gasteiger partial charge in [0, 0.05) is 6.61 Å². The minimum absolute atomic E-state index is 0.126. The summed E-state index contributed by atoms with van der Waals surface area (Å²) in [5.41, 5.74) is 0.726. The van der Waals surface area contributed by atoms with E-state index < -0.39 is 5.60 Å². The normalized spacial score (nSPS) is 33.3. The molecule has 1 aliphatic carbocycles. The molecule has 82 valence electrons. The average Bonchev–Trinajstić information content (AvgIpc) is 2.08. The van der Waals surface area contributed by atoms with E-state index in [1.54, 1.807) is 0 Å². The fourth-order valence-electron chi connectivity index (χ4n) is 1.89. The van der Waals surface area contributed by atoms with Crippen LogP contribution in [0, 0.1) is 5.92 Å². The SMILES string of the molecule is CCOC1C=C(C(C)C)CCC1(C)O. The first-order chi connectivity index (χ1) is 6.47. The molecule has 0 heterocycles. The Morgan fingerprint density at radius 1 is 1.64 bits per heavy atom. The summed E-state index contributed by atoms with van der Waals surface area (Å²) in [5, 5.41) is 10.1. The summed E-state index contributed by atoms with van der Waals surface area (Å²) in [7, 11) is 0. The molecule has 0 aliphatic heterocycles. The van der Waals surface area contributed by atoms with Crippen molar-refractivity contribution in [2.75, 3.05) is 6.61 Å². The molecule has 2 nitrogen and oxygen atoms in total. The van der Waals surface area contributed by atoms with Crippen LogP contribution < -0.4 is 0 Å². The van der Waals surface area contributed by atoms with Gasteiger partial charge in [0.05, 0.1) is 5.60 Å². The summed E-state index contributed by atoms with van der Waals surface area (Å²) in [6, 6.07) is 0. The number of rotatable bonds is 3. The lowest BCUT2D eigenvalue weighted by Gasteiger charge is -2.36. The van der Waals surface area contributed by atoms with Crippen LogP contribution in [-0.2, 0) is 4.74 Å². The average molecular weight is 198 g/mol. The van der Waals surface area contributed by atoms with Crippen molar-refractivity contribution >= 4 is 0 Å². The number of allylic oxidation sites excluding steroid dienone is 1. The van der Waals surface area contributed by atoms with E-state index in [2.05, 4.69) is 19.9 Å².